The Hall–Kier alpha value is -0.0600. The summed E-state index contributed by atoms with van der Waals surface area (Å²) >= 11 is 6.28. The molecule has 72 valence electrons. The lowest BCUT2D eigenvalue weighted by atomic mass is 9.85. The first-order valence-corrected chi connectivity index (χ1v) is 6.41. The molecule has 0 aromatic carbocycles. The average Bonchev–Trinajstić information content (AvgIpc) is 2.42. The maximum Gasteiger partial charge on any atom is 0.155 e. The van der Waals surface area contributed by atoms with Crippen LogP contribution in [0.25, 0.3) is 0 Å². The number of alkyl halides is 1. The molecule has 0 aliphatic carbocycles. The number of hydrogen-bond acceptors (Lipinski definition) is 3. The molecular weight excluding hydrogens is 212 g/mol. The van der Waals surface area contributed by atoms with Crippen LogP contribution < -0.4 is 0 Å². The van der Waals surface area contributed by atoms with Crippen LogP contribution in [-0.2, 0) is 14.6 Å². The lowest BCUT2D eigenvalue weighted by molar-refractivity contribution is 0.0435. The zero-order chi connectivity index (χ0) is 9.32. The van der Waals surface area contributed by atoms with Gasteiger partial charge in [0.1, 0.15) is 5.60 Å². The van der Waals surface area contributed by atoms with Crippen LogP contribution in [0, 0.1) is 0 Å². The van der Waals surface area contributed by atoms with E-state index in [2.05, 4.69) is 0 Å². The van der Waals surface area contributed by atoms with Gasteiger partial charge in [-0.25, -0.2) is 8.42 Å². The number of halogens is 1. The summed E-state index contributed by atoms with van der Waals surface area (Å²) in [5, 5.41) is 0. The van der Waals surface area contributed by atoms with E-state index in [9.17, 15) is 8.42 Å². The first-order valence-electron chi connectivity index (χ1n) is 4.21. The van der Waals surface area contributed by atoms with E-state index in [1.165, 1.54) is 0 Å². The van der Waals surface area contributed by atoms with Crippen molar-refractivity contribution in [2.75, 3.05) is 11.5 Å². The first kappa shape index (κ1) is 8.26. The minimum Gasteiger partial charge on any atom is -0.361 e. The van der Waals surface area contributed by atoms with Gasteiger partial charge < -0.3 is 4.74 Å². The van der Waals surface area contributed by atoms with Crippen molar-refractivity contribution in [1.29, 1.82) is 0 Å². The molecule has 0 radical (unpaired) electrons. The molecule has 2 saturated heterocycles. The minimum absolute atomic E-state index is 0.0352. The van der Waals surface area contributed by atoms with Gasteiger partial charge in [-0.2, -0.15) is 0 Å². The molecule has 2 fully saturated rings. The largest absolute Gasteiger partial charge is 0.361 e. The van der Waals surface area contributed by atoms with Crippen molar-refractivity contribution < 1.29 is 13.2 Å². The van der Waals surface area contributed by atoms with E-state index in [-0.39, 0.29) is 17.6 Å². The van der Waals surface area contributed by atoms with Crippen molar-refractivity contribution in [2.24, 2.45) is 0 Å². The highest BCUT2D eigenvalue weighted by Crippen LogP contribution is 2.55. The summed E-state index contributed by atoms with van der Waals surface area (Å²) in [5.74, 6) is 0.110. The molecule has 3 heterocycles. The normalized spacial score (nSPS) is 55.6. The van der Waals surface area contributed by atoms with Crippen LogP contribution in [0.2, 0.25) is 0 Å². The van der Waals surface area contributed by atoms with Crippen molar-refractivity contribution in [3.05, 3.63) is 12.2 Å². The topological polar surface area (TPSA) is 43.4 Å². The molecule has 5 heteroatoms. The van der Waals surface area contributed by atoms with E-state index < -0.39 is 20.3 Å². The number of rotatable bonds is 0. The standard InChI is InChI=1S/C8H9ClO3S/c9-7-3-6-1-2-8(7,12-6)5-13(10,11)4-7/h1-2,6H,3-5H2. The third-order valence-corrected chi connectivity index (χ3v) is 5.68. The van der Waals surface area contributed by atoms with E-state index in [1.807, 2.05) is 12.2 Å². The Kier molecular flexibility index (Phi) is 1.25. The van der Waals surface area contributed by atoms with Gasteiger partial charge in [0.25, 0.3) is 0 Å². The molecule has 1 spiro atoms. The fourth-order valence-corrected chi connectivity index (χ4v) is 5.75. The van der Waals surface area contributed by atoms with Crippen LogP contribution in [0.15, 0.2) is 12.2 Å². The van der Waals surface area contributed by atoms with E-state index in [1.54, 1.807) is 0 Å². The van der Waals surface area contributed by atoms with E-state index in [0.29, 0.717) is 6.42 Å². The molecular formula is C8H9ClO3S. The number of fused-ring (bicyclic) bond motifs is 1. The molecule has 3 atom stereocenters. The molecule has 3 aliphatic heterocycles. The molecule has 3 rings (SSSR count). The second-order valence-electron chi connectivity index (χ2n) is 4.11. The average molecular weight is 221 g/mol. The molecule has 0 amide bonds. The molecule has 3 nitrogen and oxygen atoms in total. The Labute approximate surface area is 81.6 Å². The lowest BCUT2D eigenvalue weighted by Gasteiger charge is -2.28. The maximum atomic E-state index is 11.4. The van der Waals surface area contributed by atoms with Crippen molar-refractivity contribution in [1.82, 2.24) is 0 Å². The highest BCUT2D eigenvalue weighted by Gasteiger charge is 2.67. The smallest absolute Gasteiger partial charge is 0.155 e. The van der Waals surface area contributed by atoms with Gasteiger partial charge >= 0.3 is 0 Å². The number of hydrogen-bond donors (Lipinski definition) is 0. The Morgan fingerprint density at radius 3 is 2.85 bits per heavy atom. The van der Waals surface area contributed by atoms with Gasteiger partial charge in [0, 0.05) is 6.42 Å². The minimum atomic E-state index is -3.02. The fourth-order valence-electron chi connectivity index (χ4n) is 2.59. The van der Waals surface area contributed by atoms with Crippen LogP contribution in [0.4, 0.5) is 0 Å². The van der Waals surface area contributed by atoms with Crippen LogP contribution in [0.1, 0.15) is 6.42 Å². The van der Waals surface area contributed by atoms with Gasteiger partial charge in [-0.15, -0.1) is 11.6 Å². The van der Waals surface area contributed by atoms with Crippen molar-refractivity contribution >= 4 is 21.4 Å². The summed E-state index contributed by atoms with van der Waals surface area (Å²) in [6, 6.07) is 0. The molecule has 2 bridgehead atoms. The molecule has 3 unspecified atom stereocenters. The Morgan fingerprint density at radius 2 is 2.23 bits per heavy atom. The highest BCUT2D eigenvalue weighted by molar-refractivity contribution is 7.92. The summed E-state index contributed by atoms with van der Waals surface area (Å²) in [5.41, 5.74) is -0.710. The van der Waals surface area contributed by atoms with Crippen LogP contribution in [0.5, 0.6) is 0 Å². The molecule has 0 aromatic rings. The van der Waals surface area contributed by atoms with Gasteiger partial charge in [0.15, 0.2) is 9.84 Å². The second-order valence-corrected chi connectivity index (χ2v) is 6.89. The van der Waals surface area contributed by atoms with Crippen LogP contribution >= 0.6 is 11.6 Å². The SMILES string of the molecule is O=S1(=O)CC2(Cl)CC3C=CC2(C1)O3. The summed E-state index contributed by atoms with van der Waals surface area (Å²) < 4.78 is 28.5. The van der Waals surface area contributed by atoms with Crippen LogP contribution in [0.3, 0.4) is 0 Å². The maximum absolute atomic E-state index is 11.4. The molecule has 0 aromatic heterocycles. The van der Waals surface area contributed by atoms with Gasteiger partial charge in [-0.1, -0.05) is 12.2 Å². The number of sulfone groups is 1. The summed E-state index contributed by atoms with van der Waals surface area (Å²) in [6.45, 7) is 0. The quantitative estimate of drug-likeness (QED) is 0.441. The lowest BCUT2D eigenvalue weighted by Crippen LogP contribution is -2.43. The Bertz CT molecular complexity index is 402. The van der Waals surface area contributed by atoms with Crippen molar-refractivity contribution in [3.8, 4) is 0 Å². The molecule has 3 aliphatic rings. The fraction of sp³-hybridized carbons (Fsp3) is 0.750. The highest BCUT2D eigenvalue weighted by atomic mass is 35.5. The van der Waals surface area contributed by atoms with Gasteiger partial charge in [-0.05, 0) is 0 Å². The third-order valence-electron chi connectivity index (χ3n) is 3.11. The van der Waals surface area contributed by atoms with Gasteiger partial charge in [-0.3, -0.25) is 0 Å². The molecule has 0 saturated carbocycles. The second kappa shape index (κ2) is 1.97. The predicted molar refractivity (Wildman–Crippen MR) is 48.6 cm³/mol. The van der Waals surface area contributed by atoms with E-state index in [4.69, 9.17) is 16.3 Å². The van der Waals surface area contributed by atoms with Gasteiger partial charge in [0.05, 0.1) is 22.5 Å². The van der Waals surface area contributed by atoms with E-state index in [0.717, 1.165) is 0 Å². The first-order chi connectivity index (χ1) is 5.95. The van der Waals surface area contributed by atoms with E-state index >= 15 is 0 Å². The number of ether oxygens (including phenoxy) is 1. The van der Waals surface area contributed by atoms with Crippen LogP contribution in [-0.4, -0.2) is 36.5 Å². The van der Waals surface area contributed by atoms with Gasteiger partial charge in [0.2, 0.25) is 0 Å². The third kappa shape index (κ3) is 0.865. The van der Waals surface area contributed by atoms with Crippen molar-refractivity contribution in [2.45, 2.75) is 23.0 Å². The summed E-state index contributed by atoms with van der Waals surface area (Å²) in [6.07, 6.45) is 4.41. The molecule has 0 N–H and O–H groups in total. The predicted octanol–water partition coefficient (Wildman–Crippen LogP) is 0.490. The Balaban J connectivity index is 2.18. The zero-order valence-electron chi connectivity index (χ0n) is 6.86. The summed E-state index contributed by atoms with van der Waals surface area (Å²) in [4.78, 5) is -0.689. The molecule has 13 heavy (non-hydrogen) atoms. The zero-order valence-corrected chi connectivity index (χ0v) is 8.44. The monoisotopic (exact) mass is 220 g/mol. The Morgan fingerprint density at radius 1 is 1.46 bits per heavy atom. The summed E-state index contributed by atoms with van der Waals surface area (Å²) in [7, 11) is -3.02. The van der Waals surface area contributed by atoms with Crippen molar-refractivity contribution in [3.63, 3.8) is 0 Å².